The number of carboxylic acids is 2. The minimum atomic E-state index is -2.76. The highest BCUT2D eigenvalue weighted by Gasteiger charge is 2.64. The van der Waals surface area contributed by atoms with E-state index in [1.807, 2.05) is 0 Å². The molecule has 9 N–H and O–H groups in total. The van der Waals surface area contributed by atoms with E-state index in [1.165, 1.54) is 0 Å². The zero-order chi connectivity index (χ0) is 20.7. The maximum atomic E-state index is 12.7. The van der Waals surface area contributed by atoms with Crippen molar-refractivity contribution in [3.05, 3.63) is 11.1 Å². The first-order valence-corrected chi connectivity index (χ1v) is 7.95. The molecule has 0 bridgehead atoms. The standard InChI is InChI=1S/C15H21NO11/c16-15(26)10(21)12(24)27-13(15)14(25,4-17)6-2-1-5(3-7(18)19)8(9(6)20)11(22)23/h6,10,12-13,17,21,24-26H,1-4,16H2,(H,18,19)(H,22,23). The van der Waals surface area contributed by atoms with Gasteiger partial charge in [-0.25, -0.2) is 4.79 Å². The number of aliphatic hydroxyl groups excluding tert-OH is 3. The molecule has 27 heavy (non-hydrogen) atoms. The second-order valence-electron chi connectivity index (χ2n) is 6.70. The van der Waals surface area contributed by atoms with Crippen molar-refractivity contribution in [3.8, 4) is 0 Å². The highest BCUT2D eigenvalue weighted by atomic mass is 16.7. The van der Waals surface area contributed by atoms with Gasteiger partial charge in [-0.3, -0.25) is 15.3 Å². The normalized spacial score (nSPS) is 36.6. The van der Waals surface area contributed by atoms with Crippen LogP contribution >= 0.6 is 0 Å². The van der Waals surface area contributed by atoms with Gasteiger partial charge >= 0.3 is 11.9 Å². The van der Waals surface area contributed by atoms with Crippen molar-refractivity contribution in [2.45, 2.75) is 49.1 Å². The van der Waals surface area contributed by atoms with Gasteiger partial charge in [0.25, 0.3) is 0 Å². The van der Waals surface area contributed by atoms with Crippen LogP contribution in [0.15, 0.2) is 11.1 Å². The zero-order valence-corrected chi connectivity index (χ0v) is 14.0. The molecule has 152 valence electrons. The van der Waals surface area contributed by atoms with E-state index in [9.17, 15) is 45.0 Å². The molecule has 0 saturated carbocycles. The van der Waals surface area contributed by atoms with Gasteiger partial charge in [0, 0.05) is 0 Å². The van der Waals surface area contributed by atoms with Crippen LogP contribution in [0.1, 0.15) is 19.3 Å². The van der Waals surface area contributed by atoms with E-state index < -0.39 is 72.1 Å². The molecule has 0 spiro atoms. The number of Topliss-reactive ketones (excluding diaryl/α,β-unsaturated/α-hetero) is 1. The summed E-state index contributed by atoms with van der Waals surface area (Å²) in [5, 5.41) is 68.2. The van der Waals surface area contributed by atoms with Crippen molar-refractivity contribution < 1.29 is 54.9 Å². The number of ether oxygens (including phenoxy) is 1. The molecule has 6 atom stereocenters. The number of carbonyl (C=O) groups excluding carboxylic acids is 1. The SMILES string of the molecule is NC1(O)C(O)C(O)OC1C(O)(CO)C1CCC(CC(=O)O)=C(C(=O)O)C1=O. The molecule has 2 rings (SSSR count). The lowest BCUT2D eigenvalue weighted by Crippen LogP contribution is -2.68. The van der Waals surface area contributed by atoms with Crippen LogP contribution in [0.4, 0.5) is 0 Å². The predicted octanol–water partition coefficient (Wildman–Crippen LogP) is -3.73. The number of rotatable bonds is 6. The molecular weight excluding hydrogens is 370 g/mol. The molecule has 12 nitrogen and oxygen atoms in total. The van der Waals surface area contributed by atoms with E-state index in [-0.39, 0.29) is 18.4 Å². The molecule has 1 fully saturated rings. The van der Waals surface area contributed by atoms with Crippen LogP contribution in [0.3, 0.4) is 0 Å². The maximum Gasteiger partial charge on any atom is 0.339 e. The summed E-state index contributed by atoms with van der Waals surface area (Å²) < 4.78 is 4.84. The number of nitrogens with two attached hydrogens (primary N) is 1. The van der Waals surface area contributed by atoms with Crippen molar-refractivity contribution in [2.75, 3.05) is 6.61 Å². The Morgan fingerprint density at radius 3 is 2.30 bits per heavy atom. The first kappa shape index (κ1) is 21.4. The third kappa shape index (κ3) is 3.48. The van der Waals surface area contributed by atoms with Gasteiger partial charge < -0.3 is 40.5 Å². The average Bonchev–Trinajstić information content (AvgIpc) is 2.77. The molecule has 12 heteroatoms. The Hall–Kier alpha value is -1.93. The second-order valence-corrected chi connectivity index (χ2v) is 6.70. The third-order valence-corrected chi connectivity index (χ3v) is 4.98. The van der Waals surface area contributed by atoms with Gasteiger partial charge in [0.05, 0.1) is 18.9 Å². The zero-order valence-electron chi connectivity index (χ0n) is 14.0. The fourth-order valence-corrected chi connectivity index (χ4v) is 3.62. The average molecular weight is 391 g/mol. The monoisotopic (exact) mass is 391 g/mol. The molecule has 0 aromatic heterocycles. The lowest BCUT2D eigenvalue weighted by Gasteiger charge is -2.43. The molecular formula is C15H21NO11. The van der Waals surface area contributed by atoms with Crippen molar-refractivity contribution in [1.82, 2.24) is 0 Å². The fourth-order valence-electron chi connectivity index (χ4n) is 3.62. The van der Waals surface area contributed by atoms with E-state index in [1.54, 1.807) is 0 Å². The number of ketones is 1. The van der Waals surface area contributed by atoms with Crippen LogP contribution in [0.5, 0.6) is 0 Å². The predicted molar refractivity (Wildman–Crippen MR) is 82.7 cm³/mol. The summed E-state index contributed by atoms with van der Waals surface area (Å²) >= 11 is 0. The molecule has 0 amide bonds. The number of hydrogen-bond acceptors (Lipinski definition) is 10. The quantitative estimate of drug-likeness (QED) is 0.161. The Kier molecular flexibility index (Phi) is 5.73. The first-order valence-electron chi connectivity index (χ1n) is 7.95. The fraction of sp³-hybridized carbons (Fsp3) is 0.667. The third-order valence-electron chi connectivity index (χ3n) is 4.98. The van der Waals surface area contributed by atoms with E-state index in [4.69, 9.17) is 15.6 Å². The number of carbonyl (C=O) groups is 3. The molecule has 0 aromatic rings. The minimum absolute atomic E-state index is 0.160. The molecule has 0 radical (unpaired) electrons. The number of carboxylic acid groups (broad SMARTS) is 2. The largest absolute Gasteiger partial charge is 0.481 e. The van der Waals surface area contributed by atoms with Crippen LogP contribution in [0, 0.1) is 5.92 Å². The Bertz CT molecular complexity index is 687. The summed E-state index contributed by atoms with van der Waals surface area (Å²) in [5.41, 5.74) is -0.934. The van der Waals surface area contributed by atoms with Crippen molar-refractivity contribution in [3.63, 3.8) is 0 Å². The van der Waals surface area contributed by atoms with Crippen LogP contribution < -0.4 is 5.73 Å². The van der Waals surface area contributed by atoms with Crippen LogP contribution in [-0.4, -0.2) is 89.9 Å². The first-order chi connectivity index (χ1) is 12.4. The molecule has 6 unspecified atom stereocenters. The van der Waals surface area contributed by atoms with Gasteiger partial charge in [-0.05, 0) is 18.4 Å². The minimum Gasteiger partial charge on any atom is -0.481 e. The highest BCUT2D eigenvalue weighted by molar-refractivity contribution is 6.19. The summed E-state index contributed by atoms with van der Waals surface area (Å²) in [6, 6.07) is 0. The molecule has 1 aliphatic carbocycles. The molecule has 0 aromatic carbocycles. The van der Waals surface area contributed by atoms with Gasteiger partial charge in [0.15, 0.2) is 17.8 Å². The van der Waals surface area contributed by atoms with Crippen LogP contribution in [0.2, 0.25) is 0 Å². The van der Waals surface area contributed by atoms with Crippen LogP contribution in [-0.2, 0) is 19.1 Å². The molecule has 2 aliphatic rings. The summed E-state index contributed by atoms with van der Waals surface area (Å²) in [6.07, 6.45) is -7.32. The van der Waals surface area contributed by atoms with Gasteiger partial charge in [0.2, 0.25) is 0 Å². The van der Waals surface area contributed by atoms with Gasteiger partial charge in [-0.15, -0.1) is 0 Å². The summed E-state index contributed by atoms with van der Waals surface area (Å²) in [5.74, 6) is -5.90. The Morgan fingerprint density at radius 2 is 1.89 bits per heavy atom. The Balaban J connectivity index is 2.47. The van der Waals surface area contributed by atoms with Gasteiger partial charge in [0.1, 0.15) is 23.4 Å². The van der Waals surface area contributed by atoms with Crippen molar-refractivity contribution in [1.29, 1.82) is 0 Å². The van der Waals surface area contributed by atoms with Gasteiger partial charge in [-0.2, -0.15) is 0 Å². The van der Waals surface area contributed by atoms with E-state index in [2.05, 4.69) is 0 Å². The molecule has 1 aliphatic heterocycles. The van der Waals surface area contributed by atoms with E-state index >= 15 is 0 Å². The van der Waals surface area contributed by atoms with Crippen LogP contribution in [0.25, 0.3) is 0 Å². The molecule has 1 heterocycles. The van der Waals surface area contributed by atoms with E-state index in [0.717, 1.165) is 0 Å². The Morgan fingerprint density at radius 1 is 1.30 bits per heavy atom. The number of hydrogen-bond donors (Lipinski definition) is 8. The number of aliphatic carboxylic acids is 2. The highest BCUT2D eigenvalue weighted by Crippen LogP contribution is 2.42. The van der Waals surface area contributed by atoms with Crippen molar-refractivity contribution >= 4 is 17.7 Å². The summed E-state index contributed by atoms with van der Waals surface area (Å²) in [7, 11) is 0. The summed E-state index contributed by atoms with van der Waals surface area (Å²) in [4.78, 5) is 35.0. The second kappa shape index (κ2) is 7.24. The molecule has 1 saturated heterocycles. The maximum absolute atomic E-state index is 12.7. The number of aliphatic hydroxyl groups is 5. The van der Waals surface area contributed by atoms with Gasteiger partial charge in [-0.1, -0.05) is 0 Å². The summed E-state index contributed by atoms with van der Waals surface area (Å²) in [6.45, 7) is -1.23. The topological polar surface area (TPSA) is 228 Å². The smallest absolute Gasteiger partial charge is 0.339 e. The lowest BCUT2D eigenvalue weighted by atomic mass is 9.69. The van der Waals surface area contributed by atoms with Crippen molar-refractivity contribution in [2.24, 2.45) is 11.7 Å². The Labute approximate surface area is 152 Å². The van der Waals surface area contributed by atoms with E-state index in [0.29, 0.717) is 0 Å². The lowest BCUT2D eigenvalue weighted by molar-refractivity contribution is -0.216.